The molecule has 1 aliphatic carbocycles. The molecule has 5 nitrogen and oxygen atoms in total. The second kappa shape index (κ2) is 11.1. The molecule has 0 aliphatic heterocycles. The van der Waals surface area contributed by atoms with Gasteiger partial charge >= 0.3 is 0 Å². The first-order chi connectivity index (χ1) is 15.2. The topological polar surface area (TPSA) is 58.6 Å². The highest BCUT2D eigenvalue weighted by Gasteiger charge is 2.29. The number of rotatable bonds is 8. The van der Waals surface area contributed by atoms with Gasteiger partial charge in [-0.2, -0.15) is 0 Å². The Bertz CT molecular complexity index is 933. The fraction of sp³-hybridized carbons (Fsp3) is 0.440. The van der Waals surface area contributed by atoms with E-state index in [0.29, 0.717) is 21.4 Å². The smallest absolute Gasteiger partial charge is 0.261 e. The van der Waals surface area contributed by atoms with Crippen LogP contribution < -0.4 is 10.1 Å². The zero-order chi connectivity index (χ0) is 23.3. The van der Waals surface area contributed by atoms with Crippen LogP contribution in [0.1, 0.15) is 49.3 Å². The molecule has 32 heavy (non-hydrogen) atoms. The standard InChI is InChI=1S/C25H30Cl2N2O3/c1-16-11-17(2)13-20(12-16)32-15-24(30)29(14-21-22(26)9-6-10-23(21)27)18(3)25(31)28-19-7-4-5-8-19/h6,9-13,18-19H,4-5,7-8,14-15H2,1-3H3,(H,28,31)/t18-/m0/s1. The van der Waals surface area contributed by atoms with Gasteiger partial charge in [-0.1, -0.05) is 48.2 Å². The summed E-state index contributed by atoms with van der Waals surface area (Å²) >= 11 is 12.7. The quantitative estimate of drug-likeness (QED) is 0.549. The third-order valence-electron chi connectivity index (χ3n) is 5.82. The maximum Gasteiger partial charge on any atom is 0.261 e. The highest BCUT2D eigenvalue weighted by molar-refractivity contribution is 6.36. The molecule has 0 radical (unpaired) electrons. The van der Waals surface area contributed by atoms with E-state index in [2.05, 4.69) is 5.32 Å². The molecule has 1 aliphatic rings. The molecule has 172 valence electrons. The monoisotopic (exact) mass is 476 g/mol. The Balaban J connectivity index is 1.78. The summed E-state index contributed by atoms with van der Waals surface area (Å²) in [7, 11) is 0. The van der Waals surface area contributed by atoms with Gasteiger partial charge in [-0.15, -0.1) is 0 Å². The average Bonchev–Trinajstić information content (AvgIpc) is 3.24. The molecule has 1 fully saturated rings. The van der Waals surface area contributed by atoms with Crippen LogP contribution in [-0.4, -0.2) is 35.4 Å². The molecular formula is C25H30Cl2N2O3. The van der Waals surface area contributed by atoms with Crippen LogP contribution in [0.4, 0.5) is 0 Å². The molecule has 1 N–H and O–H groups in total. The molecule has 1 atom stereocenters. The first kappa shape index (κ1) is 24.4. The Kier molecular flexibility index (Phi) is 8.44. The predicted molar refractivity (Wildman–Crippen MR) is 128 cm³/mol. The number of aryl methyl sites for hydroxylation is 2. The van der Waals surface area contributed by atoms with Gasteiger partial charge in [0.2, 0.25) is 5.91 Å². The molecule has 0 heterocycles. The first-order valence-electron chi connectivity index (χ1n) is 11.0. The minimum absolute atomic E-state index is 0.118. The van der Waals surface area contributed by atoms with Crippen LogP contribution in [0.5, 0.6) is 5.75 Å². The number of carbonyl (C=O) groups excluding carboxylic acids is 2. The van der Waals surface area contributed by atoms with Gasteiger partial charge in [0.15, 0.2) is 6.61 Å². The zero-order valence-electron chi connectivity index (χ0n) is 18.8. The number of hydrogen-bond acceptors (Lipinski definition) is 3. The number of nitrogens with one attached hydrogen (secondary N) is 1. The van der Waals surface area contributed by atoms with E-state index in [1.54, 1.807) is 25.1 Å². The van der Waals surface area contributed by atoms with Crippen molar-refractivity contribution in [2.75, 3.05) is 6.61 Å². The third kappa shape index (κ3) is 6.39. The highest BCUT2D eigenvalue weighted by Crippen LogP contribution is 2.27. The summed E-state index contributed by atoms with van der Waals surface area (Å²) in [5, 5.41) is 3.98. The van der Waals surface area contributed by atoms with Crippen molar-refractivity contribution in [3.63, 3.8) is 0 Å². The van der Waals surface area contributed by atoms with E-state index in [4.69, 9.17) is 27.9 Å². The Morgan fingerprint density at radius 3 is 2.28 bits per heavy atom. The molecule has 2 aromatic carbocycles. The Hall–Kier alpha value is -2.24. The van der Waals surface area contributed by atoms with E-state index in [9.17, 15) is 9.59 Å². The zero-order valence-corrected chi connectivity index (χ0v) is 20.3. The number of nitrogens with zero attached hydrogens (tertiary/aromatic N) is 1. The van der Waals surface area contributed by atoms with Crippen molar-refractivity contribution >= 4 is 35.0 Å². The minimum Gasteiger partial charge on any atom is -0.484 e. The maximum atomic E-state index is 13.2. The summed E-state index contributed by atoms with van der Waals surface area (Å²) in [5.74, 6) is 0.128. The van der Waals surface area contributed by atoms with E-state index in [1.165, 1.54) is 4.90 Å². The third-order valence-corrected chi connectivity index (χ3v) is 6.52. The lowest BCUT2D eigenvalue weighted by Crippen LogP contribution is -2.50. The van der Waals surface area contributed by atoms with E-state index >= 15 is 0 Å². The van der Waals surface area contributed by atoms with Gasteiger partial charge in [-0.05, 0) is 69.0 Å². The lowest BCUT2D eigenvalue weighted by molar-refractivity contribution is -0.142. The van der Waals surface area contributed by atoms with Crippen LogP contribution in [0.2, 0.25) is 10.0 Å². The molecule has 0 aromatic heterocycles. The van der Waals surface area contributed by atoms with Gasteiger partial charge in [-0.3, -0.25) is 9.59 Å². The fourth-order valence-corrected chi connectivity index (χ4v) is 4.59. The van der Waals surface area contributed by atoms with Crippen LogP contribution >= 0.6 is 23.2 Å². The van der Waals surface area contributed by atoms with Crippen molar-refractivity contribution < 1.29 is 14.3 Å². The number of hydrogen-bond donors (Lipinski definition) is 1. The van der Waals surface area contributed by atoms with Gasteiger partial charge in [0.1, 0.15) is 11.8 Å². The van der Waals surface area contributed by atoms with Crippen molar-refractivity contribution in [3.8, 4) is 5.75 Å². The van der Waals surface area contributed by atoms with E-state index < -0.39 is 6.04 Å². The molecule has 2 aromatic rings. The second-order valence-electron chi connectivity index (χ2n) is 8.50. The van der Waals surface area contributed by atoms with Gasteiger partial charge in [0.25, 0.3) is 5.91 Å². The van der Waals surface area contributed by atoms with E-state index in [-0.39, 0.29) is 31.0 Å². The van der Waals surface area contributed by atoms with Gasteiger partial charge < -0.3 is 15.0 Å². The fourth-order valence-electron chi connectivity index (χ4n) is 4.07. The minimum atomic E-state index is -0.696. The molecular weight excluding hydrogens is 447 g/mol. The maximum absolute atomic E-state index is 13.2. The van der Waals surface area contributed by atoms with E-state index in [0.717, 1.165) is 36.8 Å². The molecule has 0 saturated heterocycles. The van der Waals surface area contributed by atoms with Crippen LogP contribution in [-0.2, 0) is 16.1 Å². The SMILES string of the molecule is Cc1cc(C)cc(OCC(=O)N(Cc2c(Cl)cccc2Cl)[C@@H](C)C(=O)NC2CCCC2)c1. The summed E-state index contributed by atoms with van der Waals surface area (Å²) in [5.41, 5.74) is 2.71. The number of ether oxygens (including phenoxy) is 1. The highest BCUT2D eigenvalue weighted by atomic mass is 35.5. The number of halogens is 2. The Morgan fingerprint density at radius 1 is 1.09 bits per heavy atom. The largest absolute Gasteiger partial charge is 0.484 e. The van der Waals surface area contributed by atoms with Crippen LogP contribution in [0.25, 0.3) is 0 Å². The Morgan fingerprint density at radius 2 is 1.69 bits per heavy atom. The molecule has 0 unspecified atom stereocenters. The predicted octanol–water partition coefficient (Wildman–Crippen LogP) is 5.47. The van der Waals surface area contributed by atoms with Crippen molar-refractivity contribution in [2.24, 2.45) is 0 Å². The van der Waals surface area contributed by atoms with Gasteiger partial charge in [0.05, 0.1) is 0 Å². The van der Waals surface area contributed by atoms with Gasteiger partial charge in [0, 0.05) is 28.2 Å². The summed E-state index contributed by atoms with van der Waals surface area (Å²) in [6.45, 7) is 5.61. The average molecular weight is 477 g/mol. The first-order valence-corrected chi connectivity index (χ1v) is 11.7. The number of benzene rings is 2. The molecule has 7 heteroatoms. The number of amides is 2. The van der Waals surface area contributed by atoms with Crippen LogP contribution in [0.3, 0.4) is 0 Å². The molecule has 1 saturated carbocycles. The molecule has 2 amide bonds. The summed E-state index contributed by atoms with van der Waals surface area (Å²) < 4.78 is 5.78. The summed E-state index contributed by atoms with van der Waals surface area (Å²) in [6.07, 6.45) is 4.17. The summed E-state index contributed by atoms with van der Waals surface area (Å²) in [6, 6.07) is 10.5. The van der Waals surface area contributed by atoms with Crippen molar-refractivity contribution in [1.82, 2.24) is 10.2 Å². The molecule has 3 rings (SSSR count). The van der Waals surface area contributed by atoms with E-state index in [1.807, 2.05) is 32.0 Å². The lowest BCUT2D eigenvalue weighted by atomic mass is 10.1. The molecule has 0 spiro atoms. The van der Waals surface area contributed by atoms with Crippen molar-refractivity contribution in [2.45, 2.75) is 65.1 Å². The lowest BCUT2D eigenvalue weighted by Gasteiger charge is -2.30. The summed E-state index contributed by atoms with van der Waals surface area (Å²) in [4.78, 5) is 27.7. The molecule has 0 bridgehead atoms. The van der Waals surface area contributed by atoms with Crippen LogP contribution in [0.15, 0.2) is 36.4 Å². The Labute approximate surface area is 200 Å². The normalized spacial score (nSPS) is 14.8. The van der Waals surface area contributed by atoms with Crippen LogP contribution in [0, 0.1) is 13.8 Å². The van der Waals surface area contributed by atoms with Crippen molar-refractivity contribution in [1.29, 1.82) is 0 Å². The second-order valence-corrected chi connectivity index (χ2v) is 9.31. The number of carbonyl (C=O) groups is 2. The van der Waals surface area contributed by atoms with Crippen molar-refractivity contribution in [3.05, 3.63) is 63.1 Å². The van der Waals surface area contributed by atoms with Gasteiger partial charge in [-0.25, -0.2) is 0 Å².